The lowest BCUT2D eigenvalue weighted by molar-refractivity contribution is -0.209. The molecule has 4 aliphatic rings. The van der Waals surface area contributed by atoms with Crippen LogP contribution in [0.4, 0.5) is 0 Å². The van der Waals surface area contributed by atoms with Crippen LogP contribution in [0.25, 0.3) is 11.1 Å². The average Bonchev–Trinajstić information content (AvgIpc) is 2.51. The minimum absolute atomic E-state index is 0.0388. The molecule has 0 bridgehead atoms. The SMILES string of the molecule is C=C1c2cc(C3=C/C=C/C=C/N=C\3)ccc2OC2(CCC2)C12COC2. The van der Waals surface area contributed by atoms with Gasteiger partial charge in [-0.05, 0) is 54.2 Å². The van der Waals surface area contributed by atoms with Gasteiger partial charge in [0.2, 0.25) is 0 Å². The highest BCUT2D eigenvalue weighted by molar-refractivity contribution is 6.10. The van der Waals surface area contributed by atoms with Crippen LogP contribution in [0.15, 0.2) is 60.3 Å². The predicted octanol–water partition coefficient (Wildman–Crippen LogP) is 4.57. The molecule has 3 heteroatoms. The molecular weight excluding hydrogens is 310 g/mol. The predicted molar refractivity (Wildman–Crippen MR) is 101 cm³/mol. The van der Waals surface area contributed by atoms with Crippen LogP contribution in [-0.2, 0) is 4.74 Å². The third-order valence-electron chi connectivity index (χ3n) is 6.14. The van der Waals surface area contributed by atoms with Crippen molar-refractivity contribution in [3.63, 3.8) is 0 Å². The lowest BCUT2D eigenvalue weighted by atomic mass is 9.54. The van der Waals surface area contributed by atoms with Crippen molar-refractivity contribution in [3.8, 4) is 5.75 Å². The summed E-state index contributed by atoms with van der Waals surface area (Å²) in [7, 11) is 0. The molecule has 0 atom stereocenters. The fraction of sp³-hybridized carbons (Fsp3) is 0.318. The summed E-state index contributed by atoms with van der Waals surface area (Å²) in [5.74, 6) is 0.963. The van der Waals surface area contributed by atoms with Crippen molar-refractivity contribution in [2.75, 3.05) is 13.2 Å². The summed E-state index contributed by atoms with van der Waals surface area (Å²) < 4.78 is 12.2. The van der Waals surface area contributed by atoms with Crippen LogP contribution < -0.4 is 4.74 Å². The van der Waals surface area contributed by atoms with E-state index in [1.807, 2.05) is 24.4 Å². The Morgan fingerprint density at radius 3 is 2.68 bits per heavy atom. The van der Waals surface area contributed by atoms with Gasteiger partial charge in [0, 0.05) is 18.0 Å². The van der Waals surface area contributed by atoms with Gasteiger partial charge >= 0.3 is 0 Å². The first-order chi connectivity index (χ1) is 12.2. The maximum Gasteiger partial charge on any atom is 0.127 e. The topological polar surface area (TPSA) is 30.8 Å². The fourth-order valence-electron chi connectivity index (χ4n) is 4.36. The fourth-order valence-corrected chi connectivity index (χ4v) is 4.36. The Bertz CT molecular complexity index is 864. The van der Waals surface area contributed by atoms with Gasteiger partial charge in [0.05, 0.1) is 18.6 Å². The molecule has 1 aromatic carbocycles. The van der Waals surface area contributed by atoms with Gasteiger partial charge in [-0.3, -0.25) is 4.99 Å². The Kier molecular flexibility index (Phi) is 3.16. The van der Waals surface area contributed by atoms with Crippen LogP contribution in [0.3, 0.4) is 0 Å². The van der Waals surface area contributed by atoms with Crippen molar-refractivity contribution >= 4 is 17.4 Å². The van der Waals surface area contributed by atoms with Gasteiger partial charge in [0.25, 0.3) is 0 Å². The highest BCUT2D eigenvalue weighted by Crippen LogP contribution is 2.62. The number of hydrogen-bond acceptors (Lipinski definition) is 3. The van der Waals surface area contributed by atoms with E-state index in [0.717, 1.165) is 48.5 Å². The minimum Gasteiger partial charge on any atom is -0.486 e. The number of benzene rings is 1. The summed E-state index contributed by atoms with van der Waals surface area (Å²) in [5, 5.41) is 0. The molecular formula is C22H21NO2. The molecule has 3 heterocycles. The monoisotopic (exact) mass is 331 g/mol. The first-order valence-corrected chi connectivity index (χ1v) is 8.92. The zero-order chi connectivity index (χ0) is 16.9. The number of nitrogens with zero attached hydrogens (tertiary/aromatic N) is 1. The van der Waals surface area contributed by atoms with E-state index in [1.165, 1.54) is 12.0 Å². The zero-order valence-electron chi connectivity index (χ0n) is 14.2. The lowest BCUT2D eigenvalue weighted by Crippen LogP contribution is -2.67. The normalized spacial score (nSPS) is 30.6. The molecule has 1 aromatic rings. The van der Waals surface area contributed by atoms with Gasteiger partial charge in [-0.15, -0.1) is 0 Å². The number of rotatable bonds is 1. The summed E-state index contributed by atoms with van der Waals surface area (Å²) in [6.45, 7) is 5.95. The molecule has 0 unspecified atom stereocenters. The smallest absolute Gasteiger partial charge is 0.127 e. The van der Waals surface area contributed by atoms with Crippen molar-refractivity contribution in [1.82, 2.24) is 0 Å². The molecule has 0 aromatic heterocycles. The molecule has 3 aliphatic heterocycles. The first-order valence-electron chi connectivity index (χ1n) is 8.92. The molecule has 3 nitrogen and oxygen atoms in total. The highest BCUT2D eigenvalue weighted by Gasteiger charge is 2.64. The molecule has 2 spiro atoms. The van der Waals surface area contributed by atoms with Gasteiger partial charge in [0.15, 0.2) is 0 Å². The van der Waals surface area contributed by atoms with Crippen molar-refractivity contribution in [1.29, 1.82) is 0 Å². The third kappa shape index (κ3) is 1.99. The molecule has 0 N–H and O–H groups in total. The van der Waals surface area contributed by atoms with Crippen LogP contribution in [0, 0.1) is 5.41 Å². The van der Waals surface area contributed by atoms with E-state index in [0.29, 0.717) is 0 Å². The van der Waals surface area contributed by atoms with Crippen molar-refractivity contribution in [2.45, 2.75) is 24.9 Å². The second-order valence-corrected chi connectivity index (χ2v) is 7.34. The third-order valence-corrected chi connectivity index (χ3v) is 6.14. The second kappa shape index (κ2) is 5.30. The van der Waals surface area contributed by atoms with E-state index in [4.69, 9.17) is 9.47 Å². The van der Waals surface area contributed by atoms with Gasteiger partial charge in [-0.2, -0.15) is 0 Å². The molecule has 1 saturated heterocycles. The second-order valence-electron chi connectivity index (χ2n) is 7.34. The van der Waals surface area contributed by atoms with Gasteiger partial charge in [-0.1, -0.05) is 30.9 Å². The van der Waals surface area contributed by atoms with Crippen LogP contribution in [0.5, 0.6) is 5.75 Å². The minimum atomic E-state index is -0.0919. The Labute approximate surface area is 148 Å². The van der Waals surface area contributed by atoms with Gasteiger partial charge in [-0.25, -0.2) is 0 Å². The van der Waals surface area contributed by atoms with Crippen molar-refractivity contribution in [2.24, 2.45) is 10.4 Å². The van der Waals surface area contributed by atoms with Crippen LogP contribution in [0.2, 0.25) is 0 Å². The Morgan fingerprint density at radius 2 is 1.96 bits per heavy atom. The number of aliphatic imine (C=N–C) groups is 1. The van der Waals surface area contributed by atoms with E-state index in [2.05, 4.69) is 35.8 Å². The molecule has 0 radical (unpaired) electrons. The molecule has 126 valence electrons. The van der Waals surface area contributed by atoms with Crippen LogP contribution >= 0.6 is 0 Å². The van der Waals surface area contributed by atoms with Crippen LogP contribution in [-0.4, -0.2) is 25.0 Å². The summed E-state index contributed by atoms with van der Waals surface area (Å²) in [5.41, 5.74) is 4.38. The number of hydrogen-bond donors (Lipinski definition) is 0. The molecule has 1 saturated carbocycles. The first kappa shape index (κ1) is 14.9. The van der Waals surface area contributed by atoms with Gasteiger partial charge in [0.1, 0.15) is 11.4 Å². The van der Waals surface area contributed by atoms with E-state index in [-0.39, 0.29) is 11.0 Å². The summed E-state index contributed by atoms with van der Waals surface area (Å²) in [6, 6.07) is 6.40. The average molecular weight is 331 g/mol. The van der Waals surface area contributed by atoms with Crippen molar-refractivity contribution in [3.05, 3.63) is 66.4 Å². The number of fused-ring (bicyclic) bond motifs is 2. The standard InChI is InChI=1S/C22H21NO2/c1-16-19-12-17(18-6-3-2-4-11-23-13-18)7-8-20(19)25-22(9-5-10-22)21(16)14-24-15-21/h2-4,6-8,11-13H,1,5,9-10,14-15H2/b3-2+,4-2?,6-3?,11-4+,18-6+,18-13?,23-11?,23-13-. The Balaban J connectivity index is 1.58. The summed E-state index contributed by atoms with van der Waals surface area (Å²) in [6.07, 6.45) is 15.1. The van der Waals surface area contributed by atoms with E-state index in [9.17, 15) is 0 Å². The molecule has 1 aliphatic carbocycles. The number of allylic oxidation sites excluding steroid dienone is 5. The van der Waals surface area contributed by atoms with Crippen LogP contribution in [0.1, 0.15) is 30.4 Å². The van der Waals surface area contributed by atoms with Gasteiger partial charge < -0.3 is 9.47 Å². The highest BCUT2D eigenvalue weighted by atomic mass is 16.5. The van der Waals surface area contributed by atoms with E-state index >= 15 is 0 Å². The maximum atomic E-state index is 6.55. The maximum absolute atomic E-state index is 6.55. The number of ether oxygens (including phenoxy) is 2. The molecule has 5 rings (SSSR count). The largest absolute Gasteiger partial charge is 0.486 e. The summed E-state index contributed by atoms with van der Waals surface area (Å²) >= 11 is 0. The van der Waals surface area contributed by atoms with Crippen molar-refractivity contribution < 1.29 is 9.47 Å². The molecule has 2 fully saturated rings. The summed E-state index contributed by atoms with van der Waals surface area (Å²) in [4.78, 5) is 4.32. The molecule has 0 amide bonds. The molecule has 25 heavy (non-hydrogen) atoms. The zero-order valence-corrected chi connectivity index (χ0v) is 14.2. The Morgan fingerprint density at radius 1 is 1.08 bits per heavy atom. The van der Waals surface area contributed by atoms with E-state index in [1.54, 1.807) is 6.20 Å². The quantitative estimate of drug-likeness (QED) is 0.755. The lowest BCUT2D eigenvalue weighted by Gasteiger charge is -2.62. The Hall–Kier alpha value is -2.39. The van der Waals surface area contributed by atoms with E-state index < -0.39 is 0 Å².